The van der Waals surface area contributed by atoms with E-state index in [0.717, 1.165) is 10.7 Å². The predicted octanol–water partition coefficient (Wildman–Crippen LogP) is 3.01. The molecule has 2 heterocycles. The molecule has 0 radical (unpaired) electrons. The second kappa shape index (κ2) is 6.86. The Morgan fingerprint density at radius 3 is 2.76 bits per heavy atom. The lowest BCUT2D eigenvalue weighted by molar-refractivity contribution is -0.115. The molecule has 1 aromatic carbocycles. The van der Waals surface area contributed by atoms with Crippen LogP contribution in [0.25, 0.3) is 0 Å². The third-order valence-corrected chi connectivity index (χ3v) is 6.50. The van der Waals surface area contributed by atoms with Gasteiger partial charge in [-0.05, 0) is 43.0 Å². The fourth-order valence-electron chi connectivity index (χ4n) is 2.83. The Hall–Kier alpha value is -1.77. The highest BCUT2D eigenvalue weighted by Crippen LogP contribution is 2.29. The third kappa shape index (κ3) is 4.08. The molecule has 1 aliphatic rings. The summed E-state index contributed by atoms with van der Waals surface area (Å²) in [5.74, 6) is 0.201. The summed E-state index contributed by atoms with van der Waals surface area (Å²) in [6.07, 6.45) is 0.872. The standard InChI is InChI=1S/C17H21N3O3S2/c1-10(2)6-15(17-18-11(3)9-24-17)20-25(22,23)13-4-5-14-12(7-13)8-16(21)19-14/h4-5,7,9-10,15,20H,6,8H2,1-3H3,(H,19,21). The fraction of sp³-hybridized carbons (Fsp3) is 0.412. The van der Waals surface area contributed by atoms with Gasteiger partial charge >= 0.3 is 0 Å². The average Bonchev–Trinajstić information content (AvgIpc) is 3.09. The molecule has 2 aromatic rings. The molecule has 0 saturated heterocycles. The maximum Gasteiger partial charge on any atom is 0.241 e. The molecule has 1 aliphatic heterocycles. The van der Waals surface area contributed by atoms with E-state index in [0.29, 0.717) is 23.6 Å². The highest BCUT2D eigenvalue weighted by Gasteiger charge is 2.26. The van der Waals surface area contributed by atoms with Crippen LogP contribution in [0.5, 0.6) is 0 Å². The summed E-state index contributed by atoms with van der Waals surface area (Å²) in [6, 6.07) is 4.36. The van der Waals surface area contributed by atoms with Gasteiger partial charge in [-0.3, -0.25) is 4.79 Å². The summed E-state index contributed by atoms with van der Waals surface area (Å²) in [4.78, 5) is 16.1. The zero-order chi connectivity index (χ0) is 18.2. The molecule has 8 heteroatoms. The summed E-state index contributed by atoms with van der Waals surface area (Å²) in [5.41, 5.74) is 2.27. The molecule has 0 fully saturated rings. The van der Waals surface area contributed by atoms with E-state index in [-0.39, 0.29) is 23.3 Å². The molecule has 1 unspecified atom stereocenters. The molecule has 3 rings (SSSR count). The zero-order valence-electron chi connectivity index (χ0n) is 14.4. The van der Waals surface area contributed by atoms with Gasteiger partial charge in [-0.2, -0.15) is 0 Å². The molecule has 25 heavy (non-hydrogen) atoms. The molecule has 134 valence electrons. The predicted molar refractivity (Wildman–Crippen MR) is 98.1 cm³/mol. The quantitative estimate of drug-likeness (QED) is 0.807. The van der Waals surface area contributed by atoms with Crippen LogP contribution >= 0.6 is 11.3 Å². The van der Waals surface area contributed by atoms with E-state index in [1.807, 2.05) is 12.3 Å². The Morgan fingerprint density at radius 1 is 1.36 bits per heavy atom. The van der Waals surface area contributed by atoms with E-state index < -0.39 is 10.0 Å². The van der Waals surface area contributed by atoms with Crippen molar-refractivity contribution in [3.63, 3.8) is 0 Å². The SMILES string of the molecule is Cc1csc(C(CC(C)C)NS(=O)(=O)c2ccc3c(c2)CC(=O)N3)n1. The summed E-state index contributed by atoms with van der Waals surface area (Å²) in [5, 5.41) is 5.40. The van der Waals surface area contributed by atoms with Gasteiger partial charge in [0.15, 0.2) is 0 Å². The van der Waals surface area contributed by atoms with Crippen molar-refractivity contribution in [2.75, 3.05) is 5.32 Å². The molecule has 0 spiro atoms. The van der Waals surface area contributed by atoms with Crippen LogP contribution in [0.15, 0.2) is 28.5 Å². The van der Waals surface area contributed by atoms with Crippen LogP contribution in [-0.4, -0.2) is 19.3 Å². The van der Waals surface area contributed by atoms with E-state index in [9.17, 15) is 13.2 Å². The van der Waals surface area contributed by atoms with Gasteiger partial charge in [0.25, 0.3) is 0 Å². The molecule has 1 amide bonds. The van der Waals surface area contributed by atoms with Gasteiger partial charge in [-0.1, -0.05) is 13.8 Å². The van der Waals surface area contributed by atoms with E-state index >= 15 is 0 Å². The van der Waals surface area contributed by atoms with Gasteiger partial charge < -0.3 is 5.32 Å². The molecule has 0 saturated carbocycles. The van der Waals surface area contributed by atoms with Crippen molar-refractivity contribution >= 4 is 33.0 Å². The summed E-state index contributed by atoms with van der Waals surface area (Å²) >= 11 is 1.46. The summed E-state index contributed by atoms with van der Waals surface area (Å²) in [6.45, 7) is 5.99. The minimum absolute atomic E-state index is 0.117. The largest absolute Gasteiger partial charge is 0.326 e. The Kier molecular flexibility index (Phi) is 4.95. The van der Waals surface area contributed by atoms with Crippen molar-refractivity contribution in [3.8, 4) is 0 Å². The number of nitrogens with zero attached hydrogens (tertiary/aromatic N) is 1. The second-order valence-electron chi connectivity index (χ2n) is 6.67. The van der Waals surface area contributed by atoms with Crippen LogP contribution in [0, 0.1) is 12.8 Å². The number of carbonyl (C=O) groups is 1. The maximum absolute atomic E-state index is 12.8. The molecule has 1 aromatic heterocycles. The zero-order valence-corrected chi connectivity index (χ0v) is 16.0. The first-order chi connectivity index (χ1) is 11.7. The lowest BCUT2D eigenvalue weighted by atomic mass is 10.1. The summed E-state index contributed by atoms with van der Waals surface area (Å²) < 4.78 is 28.5. The van der Waals surface area contributed by atoms with E-state index in [2.05, 4.69) is 28.9 Å². The van der Waals surface area contributed by atoms with Gasteiger partial charge in [0.05, 0.1) is 17.4 Å². The molecule has 0 aliphatic carbocycles. The number of fused-ring (bicyclic) bond motifs is 1. The number of hydrogen-bond donors (Lipinski definition) is 2. The first kappa shape index (κ1) is 18.0. The van der Waals surface area contributed by atoms with Crippen LogP contribution in [0.2, 0.25) is 0 Å². The second-order valence-corrected chi connectivity index (χ2v) is 9.28. The van der Waals surface area contributed by atoms with Crippen molar-refractivity contribution in [2.24, 2.45) is 5.92 Å². The number of carbonyl (C=O) groups excluding carboxylic acids is 1. The van der Waals surface area contributed by atoms with Crippen LogP contribution < -0.4 is 10.0 Å². The smallest absolute Gasteiger partial charge is 0.241 e. The highest BCUT2D eigenvalue weighted by molar-refractivity contribution is 7.89. The van der Waals surface area contributed by atoms with Crippen LogP contribution in [-0.2, 0) is 21.2 Å². The minimum atomic E-state index is -3.71. The van der Waals surface area contributed by atoms with Crippen LogP contribution in [0.4, 0.5) is 5.69 Å². The number of rotatable bonds is 6. The number of aromatic nitrogens is 1. The molecule has 0 bridgehead atoms. The Labute approximate surface area is 151 Å². The number of aryl methyl sites for hydroxylation is 1. The maximum atomic E-state index is 12.8. The third-order valence-electron chi connectivity index (χ3n) is 3.95. The first-order valence-corrected chi connectivity index (χ1v) is 10.5. The number of benzene rings is 1. The Balaban J connectivity index is 1.88. The van der Waals surface area contributed by atoms with Crippen molar-refractivity contribution in [1.82, 2.24) is 9.71 Å². The Bertz CT molecular complexity index is 904. The topological polar surface area (TPSA) is 88.2 Å². The van der Waals surface area contributed by atoms with Gasteiger partial charge in [-0.15, -0.1) is 11.3 Å². The highest BCUT2D eigenvalue weighted by atomic mass is 32.2. The number of amides is 1. The molecule has 6 nitrogen and oxygen atoms in total. The number of hydrogen-bond acceptors (Lipinski definition) is 5. The monoisotopic (exact) mass is 379 g/mol. The molecular formula is C17H21N3O3S2. The summed E-state index contributed by atoms with van der Waals surface area (Å²) in [7, 11) is -3.71. The first-order valence-electron chi connectivity index (χ1n) is 8.12. The van der Waals surface area contributed by atoms with Gasteiger partial charge in [-0.25, -0.2) is 18.1 Å². The van der Waals surface area contributed by atoms with Crippen molar-refractivity contribution in [2.45, 2.75) is 44.6 Å². The van der Waals surface area contributed by atoms with Crippen molar-refractivity contribution in [1.29, 1.82) is 0 Å². The lowest BCUT2D eigenvalue weighted by Crippen LogP contribution is -2.29. The van der Waals surface area contributed by atoms with E-state index in [4.69, 9.17) is 0 Å². The van der Waals surface area contributed by atoms with Crippen molar-refractivity contribution < 1.29 is 13.2 Å². The van der Waals surface area contributed by atoms with Gasteiger partial charge in [0.1, 0.15) is 5.01 Å². The van der Waals surface area contributed by atoms with Crippen LogP contribution in [0.1, 0.15) is 42.6 Å². The van der Waals surface area contributed by atoms with Crippen molar-refractivity contribution in [3.05, 3.63) is 39.8 Å². The van der Waals surface area contributed by atoms with E-state index in [1.54, 1.807) is 12.1 Å². The molecule has 1 atom stereocenters. The number of thiazole rings is 1. The van der Waals surface area contributed by atoms with E-state index in [1.165, 1.54) is 17.4 Å². The fourth-order valence-corrected chi connectivity index (χ4v) is 5.03. The number of sulfonamides is 1. The lowest BCUT2D eigenvalue weighted by Gasteiger charge is -2.19. The molecular weight excluding hydrogens is 358 g/mol. The van der Waals surface area contributed by atoms with Crippen LogP contribution in [0.3, 0.4) is 0 Å². The average molecular weight is 380 g/mol. The van der Waals surface area contributed by atoms with Gasteiger partial charge in [0.2, 0.25) is 15.9 Å². The Morgan fingerprint density at radius 2 is 2.12 bits per heavy atom. The number of nitrogens with one attached hydrogen (secondary N) is 2. The number of anilines is 1. The normalized spacial score (nSPS) is 15.3. The van der Waals surface area contributed by atoms with Gasteiger partial charge in [0, 0.05) is 16.8 Å². The molecule has 2 N–H and O–H groups in total. The minimum Gasteiger partial charge on any atom is -0.326 e.